The van der Waals surface area contributed by atoms with E-state index in [0.29, 0.717) is 13.2 Å². The predicted molar refractivity (Wildman–Crippen MR) is 93.0 cm³/mol. The molecule has 1 amide bonds. The number of fused-ring (bicyclic) bond motifs is 1. The monoisotopic (exact) mass is 327 g/mol. The number of para-hydroxylation sites is 1. The minimum absolute atomic E-state index is 0.00639. The molecule has 3 rings (SSSR count). The molecule has 128 valence electrons. The van der Waals surface area contributed by atoms with Crippen LogP contribution in [-0.2, 0) is 24.2 Å². The summed E-state index contributed by atoms with van der Waals surface area (Å²) in [6, 6.07) is 8.00. The van der Waals surface area contributed by atoms with Gasteiger partial charge in [0, 0.05) is 37.8 Å². The summed E-state index contributed by atoms with van der Waals surface area (Å²) in [6.07, 6.45) is 7.20. The zero-order valence-corrected chi connectivity index (χ0v) is 14.2. The molecule has 1 N–H and O–H groups in total. The van der Waals surface area contributed by atoms with E-state index in [1.165, 1.54) is 0 Å². The first kappa shape index (κ1) is 16.6. The van der Waals surface area contributed by atoms with Crippen molar-refractivity contribution in [3.05, 3.63) is 48.0 Å². The molecule has 0 radical (unpaired) electrons. The molecule has 5 heteroatoms. The molecule has 0 fully saturated rings. The van der Waals surface area contributed by atoms with Gasteiger partial charge in [-0.05, 0) is 30.9 Å². The number of benzene rings is 1. The normalized spacial score (nSPS) is 16.8. The number of nitrogens with one attached hydrogen (secondary N) is 1. The number of imidazole rings is 1. The van der Waals surface area contributed by atoms with Crippen molar-refractivity contribution in [3.63, 3.8) is 0 Å². The van der Waals surface area contributed by atoms with Crippen LogP contribution in [0.4, 0.5) is 0 Å². The highest BCUT2D eigenvalue weighted by atomic mass is 16.5. The topological polar surface area (TPSA) is 56.2 Å². The van der Waals surface area contributed by atoms with Crippen LogP contribution in [0.15, 0.2) is 36.7 Å². The fourth-order valence-corrected chi connectivity index (χ4v) is 3.18. The Morgan fingerprint density at radius 2 is 2.29 bits per heavy atom. The van der Waals surface area contributed by atoms with Gasteiger partial charge in [-0.15, -0.1) is 0 Å². The molecule has 2 aromatic rings. The van der Waals surface area contributed by atoms with E-state index in [2.05, 4.69) is 21.8 Å². The van der Waals surface area contributed by atoms with Crippen LogP contribution in [-0.4, -0.2) is 28.6 Å². The second-order valence-corrected chi connectivity index (χ2v) is 6.18. The van der Waals surface area contributed by atoms with Crippen molar-refractivity contribution in [2.75, 3.05) is 13.2 Å². The zero-order valence-electron chi connectivity index (χ0n) is 14.2. The summed E-state index contributed by atoms with van der Waals surface area (Å²) in [5.41, 5.74) is 1.13. The highest BCUT2D eigenvalue weighted by Gasteiger charge is 2.23. The van der Waals surface area contributed by atoms with Crippen molar-refractivity contribution >= 4 is 5.91 Å². The molecule has 0 saturated carbocycles. The van der Waals surface area contributed by atoms with Crippen LogP contribution in [0, 0.1) is 5.92 Å². The third kappa shape index (κ3) is 3.96. The molecule has 24 heavy (non-hydrogen) atoms. The summed E-state index contributed by atoms with van der Waals surface area (Å²) in [7, 11) is 0. The second kappa shape index (κ2) is 7.99. The van der Waals surface area contributed by atoms with Crippen LogP contribution in [0.25, 0.3) is 0 Å². The van der Waals surface area contributed by atoms with Gasteiger partial charge in [-0.25, -0.2) is 4.98 Å². The van der Waals surface area contributed by atoms with E-state index in [0.717, 1.165) is 49.4 Å². The van der Waals surface area contributed by atoms with Crippen LogP contribution in [0.1, 0.15) is 31.2 Å². The molecule has 5 nitrogen and oxygen atoms in total. The fourth-order valence-electron chi connectivity index (χ4n) is 3.18. The lowest BCUT2D eigenvalue weighted by Crippen LogP contribution is -2.33. The number of carbonyl (C=O) groups excluding carboxylic acids is 1. The number of aromatic nitrogens is 2. The Morgan fingerprint density at radius 3 is 3.17 bits per heavy atom. The van der Waals surface area contributed by atoms with E-state index in [4.69, 9.17) is 4.74 Å². The Labute approximate surface area is 143 Å². The van der Waals surface area contributed by atoms with Crippen molar-refractivity contribution in [2.24, 2.45) is 5.92 Å². The number of carbonyl (C=O) groups is 1. The predicted octanol–water partition coefficient (Wildman–Crippen LogP) is 2.59. The van der Waals surface area contributed by atoms with Crippen LogP contribution in [0.2, 0.25) is 0 Å². The Bertz CT molecular complexity index is 681. The van der Waals surface area contributed by atoms with E-state index in [1.54, 1.807) is 0 Å². The summed E-state index contributed by atoms with van der Waals surface area (Å²) < 4.78 is 7.89. The van der Waals surface area contributed by atoms with Gasteiger partial charge in [0.25, 0.3) is 0 Å². The Morgan fingerprint density at radius 1 is 1.42 bits per heavy atom. The average molecular weight is 327 g/mol. The Balaban J connectivity index is 1.47. The first-order valence-corrected chi connectivity index (χ1v) is 8.76. The summed E-state index contributed by atoms with van der Waals surface area (Å²) in [6.45, 7) is 4.29. The zero-order chi connectivity index (χ0) is 16.8. The minimum Gasteiger partial charge on any atom is -0.493 e. The quantitative estimate of drug-likeness (QED) is 0.830. The summed E-state index contributed by atoms with van der Waals surface area (Å²) in [5, 5.41) is 3.08. The molecule has 1 aliphatic heterocycles. The maximum Gasteiger partial charge on any atom is 0.223 e. The molecule has 0 unspecified atom stereocenters. The molecule has 0 spiro atoms. The number of hydrogen-bond acceptors (Lipinski definition) is 3. The molecular weight excluding hydrogens is 302 g/mol. The van der Waals surface area contributed by atoms with Gasteiger partial charge < -0.3 is 14.6 Å². The molecule has 2 heterocycles. The lowest BCUT2D eigenvalue weighted by molar-refractivity contribution is -0.125. The number of rotatable bonds is 6. The van der Waals surface area contributed by atoms with Crippen LogP contribution in [0.3, 0.4) is 0 Å². The third-order valence-corrected chi connectivity index (χ3v) is 4.53. The lowest BCUT2D eigenvalue weighted by Gasteiger charge is -2.14. The van der Waals surface area contributed by atoms with Gasteiger partial charge in [-0.2, -0.15) is 0 Å². The highest BCUT2D eigenvalue weighted by Crippen LogP contribution is 2.26. The number of hydrogen-bond donors (Lipinski definition) is 1. The van der Waals surface area contributed by atoms with Crippen molar-refractivity contribution < 1.29 is 9.53 Å². The summed E-state index contributed by atoms with van der Waals surface area (Å²) >= 11 is 0. The van der Waals surface area contributed by atoms with Crippen molar-refractivity contribution in [2.45, 2.75) is 39.2 Å². The first-order valence-electron chi connectivity index (χ1n) is 8.76. The smallest absolute Gasteiger partial charge is 0.223 e. The summed E-state index contributed by atoms with van der Waals surface area (Å²) in [4.78, 5) is 16.8. The van der Waals surface area contributed by atoms with E-state index in [-0.39, 0.29) is 11.8 Å². The van der Waals surface area contributed by atoms with Crippen LogP contribution in [0.5, 0.6) is 5.75 Å². The highest BCUT2D eigenvalue weighted by molar-refractivity contribution is 5.79. The lowest BCUT2D eigenvalue weighted by atomic mass is 9.96. The molecule has 1 aromatic heterocycles. The Hall–Kier alpha value is -2.30. The summed E-state index contributed by atoms with van der Waals surface area (Å²) in [5.74, 6) is 2.14. The third-order valence-electron chi connectivity index (χ3n) is 4.53. The van der Waals surface area contributed by atoms with Gasteiger partial charge in [-0.3, -0.25) is 4.79 Å². The molecule has 0 saturated heterocycles. The Kier molecular flexibility index (Phi) is 5.51. The van der Waals surface area contributed by atoms with E-state index >= 15 is 0 Å². The largest absolute Gasteiger partial charge is 0.493 e. The molecule has 1 aliphatic rings. The fraction of sp³-hybridized carbons (Fsp3) is 0.474. The van der Waals surface area contributed by atoms with Crippen LogP contribution >= 0.6 is 0 Å². The second-order valence-electron chi connectivity index (χ2n) is 6.18. The van der Waals surface area contributed by atoms with Gasteiger partial charge in [0.15, 0.2) is 0 Å². The molecule has 1 aromatic carbocycles. The number of ether oxygens (including phenoxy) is 1. The molecule has 0 bridgehead atoms. The molecule has 0 aliphatic carbocycles. The van der Waals surface area contributed by atoms with E-state index in [9.17, 15) is 4.79 Å². The molecule has 1 atom stereocenters. The maximum atomic E-state index is 12.5. The average Bonchev–Trinajstić information content (AvgIpc) is 2.95. The van der Waals surface area contributed by atoms with E-state index in [1.807, 2.05) is 36.7 Å². The van der Waals surface area contributed by atoms with Crippen molar-refractivity contribution in [1.82, 2.24) is 14.9 Å². The van der Waals surface area contributed by atoms with Crippen molar-refractivity contribution in [3.8, 4) is 5.75 Å². The number of nitrogens with zero attached hydrogens (tertiary/aromatic N) is 2. The van der Waals surface area contributed by atoms with E-state index < -0.39 is 0 Å². The van der Waals surface area contributed by atoms with Crippen molar-refractivity contribution in [1.29, 1.82) is 0 Å². The standard InChI is InChI=1S/C19H25N3O2/c1-2-18-20-10-12-22(18)11-5-9-21-19(23)16-8-13-24-17-7-4-3-6-15(17)14-16/h3-4,6-7,10,12,16H,2,5,8-9,11,13-14H2,1H3,(H,21,23)/t16-/m1/s1. The SMILES string of the molecule is CCc1nccn1CCCNC(=O)[C@@H]1CCOc2ccccc2C1. The van der Waals surface area contributed by atoms with Gasteiger partial charge in [0.1, 0.15) is 11.6 Å². The van der Waals surface area contributed by atoms with Gasteiger partial charge >= 0.3 is 0 Å². The van der Waals surface area contributed by atoms with Gasteiger partial charge in [0.05, 0.1) is 6.61 Å². The number of aryl methyl sites for hydroxylation is 2. The minimum atomic E-state index is -0.00639. The van der Waals surface area contributed by atoms with Gasteiger partial charge in [-0.1, -0.05) is 25.1 Å². The van der Waals surface area contributed by atoms with Crippen LogP contribution < -0.4 is 10.1 Å². The molecular formula is C19H25N3O2. The van der Waals surface area contributed by atoms with Gasteiger partial charge in [0.2, 0.25) is 5.91 Å². The number of amides is 1. The maximum absolute atomic E-state index is 12.5. The first-order chi connectivity index (χ1) is 11.8.